The smallest absolute Gasteiger partial charge is 0.265 e. The first kappa shape index (κ1) is 13.6. The van der Waals surface area contributed by atoms with Crippen LogP contribution in [0.4, 0.5) is 5.69 Å². The number of aromatic nitrogens is 1. The predicted molar refractivity (Wildman–Crippen MR) is 71.3 cm³/mol. The summed E-state index contributed by atoms with van der Waals surface area (Å²) in [6.07, 6.45) is 3.02. The Bertz CT molecular complexity index is 650. The molecule has 19 heavy (non-hydrogen) atoms. The molecule has 2 heterocycles. The Kier molecular flexibility index (Phi) is 3.87. The van der Waals surface area contributed by atoms with Crippen LogP contribution in [-0.4, -0.2) is 20.4 Å². The van der Waals surface area contributed by atoms with Crippen molar-refractivity contribution < 1.29 is 12.8 Å². The van der Waals surface area contributed by atoms with E-state index in [4.69, 9.17) is 4.42 Å². The van der Waals surface area contributed by atoms with Crippen LogP contribution in [0, 0.1) is 6.92 Å². The van der Waals surface area contributed by atoms with E-state index in [1.807, 2.05) is 0 Å². The lowest BCUT2D eigenvalue weighted by atomic mass is 10.4. The minimum absolute atomic E-state index is 0.140. The van der Waals surface area contributed by atoms with Crippen molar-refractivity contribution in [2.75, 3.05) is 11.8 Å². The van der Waals surface area contributed by atoms with E-state index in [0.717, 1.165) is 0 Å². The Labute approximate surface area is 111 Å². The number of hydrogen-bond acceptors (Lipinski definition) is 5. The summed E-state index contributed by atoms with van der Waals surface area (Å²) >= 11 is 0. The molecule has 7 heteroatoms. The van der Waals surface area contributed by atoms with Crippen molar-refractivity contribution in [1.29, 1.82) is 0 Å². The number of sulfonamides is 1. The summed E-state index contributed by atoms with van der Waals surface area (Å²) in [6, 6.07) is 4.81. The first-order valence-corrected chi connectivity index (χ1v) is 7.18. The molecule has 2 aromatic rings. The molecule has 2 N–H and O–H groups in total. The van der Waals surface area contributed by atoms with Crippen molar-refractivity contribution >= 4 is 15.7 Å². The second-order valence-electron chi connectivity index (χ2n) is 4.01. The summed E-state index contributed by atoms with van der Waals surface area (Å²) < 4.78 is 32.3. The lowest BCUT2D eigenvalue weighted by Gasteiger charge is -2.05. The van der Waals surface area contributed by atoms with Crippen molar-refractivity contribution in [3.05, 3.63) is 42.1 Å². The largest absolute Gasteiger partial charge is 0.464 e. The summed E-state index contributed by atoms with van der Waals surface area (Å²) in [5.41, 5.74) is 0.415. The van der Waals surface area contributed by atoms with E-state index in [-0.39, 0.29) is 4.90 Å². The van der Waals surface area contributed by atoms with E-state index in [1.165, 1.54) is 12.3 Å². The Morgan fingerprint density at radius 2 is 2.21 bits per heavy atom. The fourth-order valence-electron chi connectivity index (χ4n) is 1.69. The SMILES string of the molecule is CNCc1cc(S(=O)(=O)Nc2cccnc2)c(C)o1. The molecule has 0 aliphatic heterocycles. The second-order valence-corrected chi connectivity index (χ2v) is 5.66. The van der Waals surface area contributed by atoms with E-state index in [2.05, 4.69) is 15.0 Å². The average molecular weight is 281 g/mol. The quantitative estimate of drug-likeness (QED) is 0.867. The molecule has 0 bridgehead atoms. The lowest BCUT2D eigenvalue weighted by molar-refractivity contribution is 0.466. The third kappa shape index (κ3) is 3.12. The number of furan rings is 1. The highest BCUT2D eigenvalue weighted by Crippen LogP contribution is 2.22. The third-order valence-electron chi connectivity index (χ3n) is 2.48. The van der Waals surface area contributed by atoms with Crippen molar-refractivity contribution in [3.63, 3.8) is 0 Å². The van der Waals surface area contributed by atoms with Gasteiger partial charge in [-0.25, -0.2) is 8.42 Å². The highest BCUT2D eigenvalue weighted by molar-refractivity contribution is 7.92. The lowest BCUT2D eigenvalue weighted by Crippen LogP contribution is -2.13. The van der Waals surface area contributed by atoms with Gasteiger partial charge in [0.05, 0.1) is 18.4 Å². The maximum absolute atomic E-state index is 12.2. The number of aryl methyl sites for hydroxylation is 1. The Hall–Kier alpha value is -1.86. The topological polar surface area (TPSA) is 84.2 Å². The Balaban J connectivity index is 2.29. The summed E-state index contributed by atoms with van der Waals surface area (Å²) in [5, 5.41) is 2.91. The summed E-state index contributed by atoms with van der Waals surface area (Å²) in [4.78, 5) is 4.00. The van der Waals surface area contributed by atoms with Gasteiger partial charge in [0.25, 0.3) is 10.0 Å². The highest BCUT2D eigenvalue weighted by Gasteiger charge is 2.21. The zero-order valence-electron chi connectivity index (χ0n) is 10.7. The highest BCUT2D eigenvalue weighted by atomic mass is 32.2. The van der Waals surface area contributed by atoms with E-state index >= 15 is 0 Å². The standard InChI is InChI=1S/C12H15N3O3S/c1-9-12(6-11(18-9)8-13-2)19(16,17)15-10-4-3-5-14-7-10/h3-7,13,15H,8H2,1-2H3. The molecular weight excluding hydrogens is 266 g/mol. The first-order valence-electron chi connectivity index (χ1n) is 5.69. The maximum atomic E-state index is 12.2. The van der Waals surface area contributed by atoms with Gasteiger partial charge in [-0.1, -0.05) is 0 Å². The van der Waals surface area contributed by atoms with Gasteiger partial charge in [-0.3, -0.25) is 9.71 Å². The van der Waals surface area contributed by atoms with Crippen LogP contribution in [0.15, 0.2) is 39.9 Å². The monoisotopic (exact) mass is 281 g/mol. The summed E-state index contributed by atoms with van der Waals surface area (Å²) in [5.74, 6) is 0.938. The molecule has 0 amide bonds. The molecule has 0 spiro atoms. The van der Waals surface area contributed by atoms with Crippen LogP contribution in [-0.2, 0) is 16.6 Å². The molecule has 0 radical (unpaired) electrons. The second kappa shape index (κ2) is 5.41. The first-order chi connectivity index (χ1) is 9.03. The average Bonchev–Trinajstić information content (AvgIpc) is 2.72. The number of nitrogens with zero attached hydrogens (tertiary/aromatic N) is 1. The van der Waals surface area contributed by atoms with E-state index in [1.54, 1.807) is 32.3 Å². The molecule has 0 aromatic carbocycles. The number of anilines is 1. The minimum Gasteiger partial charge on any atom is -0.464 e. The van der Waals surface area contributed by atoms with Crippen LogP contribution in [0.2, 0.25) is 0 Å². The summed E-state index contributed by atoms with van der Waals surface area (Å²) in [6.45, 7) is 2.10. The van der Waals surface area contributed by atoms with Crippen molar-refractivity contribution in [2.45, 2.75) is 18.4 Å². The Morgan fingerprint density at radius 3 is 2.84 bits per heavy atom. The molecule has 2 rings (SSSR count). The number of nitrogens with one attached hydrogen (secondary N) is 2. The van der Waals surface area contributed by atoms with Gasteiger partial charge in [-0.05, 0) is 26.1 Å². The van der Waals surface area contributed by atoms with Gasteiger partial charge in [0.15, 0.2) is 0 Å². The Morgan fingerprint density at radius 1 is 1.42 bits per heavy atom. The van der Waals surface area contributed by atoms with Gasteiger partial charge >= 0.3 is 0 Å². The molecule has 102 valence electrons. The van der Waals surface area contributed by atoms with Crippen LogP contribution in [0.5, 0.6) is 0 Å². The van der Waals surface area contributed by atoms with Crippen LogP contribution >= 0.6 is 0 Å². The summed E-state index contributed by atoms with van der Waals surface area (Å²) in [7, 11) is -1.89. The molecule has 0 aliphatic rings. The molecule has 0 fully saturated rings. The van der Waals surface area contributed by atoms with Crippen LogP contribution in [0.3, 0.4) is 0 Å². The molecule has 0 saturated heterocycles. The number of hydrogen-bond donors (Lipinski definition) is 2. The number of rotatable bonds is 5. The zero-order valence-corrected chi connectivity index (χ0v) is 11.5. The van der Waals surface area contributed by atoms with Crippen molar-refractivity contribution in [2.24, 2.45) is 0 Å². The van der Waals surface area contributed by atoms with Crippen molar-refractivity contribution in [3.8, 4) is 0 Å². The fraction of sp³-hybridized carbons (Fsp3) is 0.250. The molecule has 0 saturated carbocycles. The fourth-order valence-corrected chi connectivity index (χ4v) is 2.93. The molecule has 0 aliphatic carbocycles. The predicted octanol–water partition coefficient (Wildman–Crippen LogP) is 1.50. The van der Waals surface area contributed by atoms with Gasteiger partial charge in [0.1, 0.15) is 16.4 Å². The van der Waals surface area contributed by atoms with Gasteiger partial charge in [-0.2, -0.15) is 0 Å². The van der Waals surface area contributed by atoms with Crippen LogP contribution in [0.25, 0.3) is 0 Å². The van der Waals surface area contributed by atoms with Crippen LogP contribution in [0.1, 0.15) is 11.5 Å². The van der Waals surface area contributed by atoms with E-state index in [9.17, 15) is 8.42 Å². The molecule has 6 nitrogen and oxygen atoms in total. The minimum atomic E-state index is -3.65. The molecular formula is C12H15N3O3S. The van der Waals surface area contributed by atoms with Gasteiger partial charge in [-0.15, -0.1) is 0 Å². The van der Waals surface area contributed by atoms with Gasteiger partial charge in [0, 0.05) is 12.3 Å². The van der Waals surface area contributed by atoms with E-state index < -0.39 is 10.0 Å². The number of pyridine rings is 1. The zero-order chi connectivity index (χ0) is 13.9. The maximum Gasteiger partial charge on any atom is 0.265 e. The van der Waals surface area contributed by atoms with Crippen molar-refractivity contribution in [1.82, 2.24) is 10.3 Å². The third-order valence-corrected chi connectivity index (χ3v) is 3.97. The molecule has 2 aromatic heterocycles. The normalized spacial score (nSPS) is 11.5. The van der Waals surface area contributed by atoms with Gasteiger partial charge < -0.3 is 9.73 Å². The van der Waals surface area contributed by atoms with E-state index in [0.29, 0.717) is 23.8 Å². The van der Waals surface area contributed by atoms with Gasteiger partial charge in [0.2, 0.25) is 0 Å². The molecule has 0 atom stereocenters. The molecule has 0 unspecified atom stereocenters. The van der Waals surface area contributed by atoms with Crippen LogP contribution < -0.4 is 10.0 Å².